The third-order valence-electron chi connectivity index (χ3n) is 4.43. The van der Waals surface area contributed by atoms with Crippen LogP contribution in [0, 0.1) is 0 Å². The third-order valence-corrected chi connectivity index (χ3v) is 5.32. The van der Waals surface area contributed by atoms with E-state index in [1.54, 1.807) is 45.3 Å². The number of fused-ring (bicyclic) bond motifs is 1. The lowest BCUT2D eigenvalue weighted by molar-refractivity contribution is -0.150. The van der Waals surface area contributed by atoms with Crippen LogP contribution in [-0.2, 0) is 28.4 Å². The number of aromatic nitrogens is 2. The molecule has 2 amide bonds. The molecule has 2 heterocycles. The van der Waals surface area contributed by atoms with Gasteiger partial charge in [0, 0.05) is 14.1 Å². The van der Waals surface area contributed by atoms with Gasteiger partial charge in [-0.3, -0.25) is 23.6 Å². The first-order valence-corrected chi connectivity index (χ1v) is 9.17. The van der Waals surface area contributed by atoms with E-state index in [1.807, 2.05) is 0 Å². The van der Waals surface area contributed by atoms with E-state index < -0.39 is 23.2 Å². The maximum Gasteiger partial charge on any atom is 0.329 e. The topological polar surface area (TPSA) is 90.6 Å². The van der Waals surface area contributed by atoms with Crippen LogP contribution in [0.25, 0.3) is 17.1 Å². The Morgan fingerprint density at radius 1 is 1.19 bits per heavy atom. The van der Waals surface area contributed by atoms with E-state index >= 15 is 0 Å². The van der Waals surface area contributed by atoms with Crippen LogP contribution >= 0.6 is 11.8 Å². The number of rotatable bonds is 4. The number of aryl methyl sites for hydroxylation is 2. The van der Waals surface area contributed by atoms with Crippen LogP contribution in [0.3, 0.4) is 0 Å². The number of hydrogen-bond donors (Lipinski definition) is 0. The zero-order valence-corrected chi connectivity index (χ0v) is 16.2. The lowest BCUT2D eigenvalue weighted by Crippen LogP contribution is -2.42. The average molecular weight is 389 g/mol. The fraction of sp³-hybridized carbons (Fsp3) is 0.333. The van der Waals surface area contributed by atoms with Crippen molar-refractivity contribution >= 4 is 46.0 Å². The van der Waals surface area contributed by atoms with Crippen molar-refractivity contribution in [3.8, 4) is 0 Å². The molecular formula is C18H19N3O5S. The molecule has 1 atom stereocenters. The molecular weight excluding hydrogens is 370 g/mol. The smallest absolute Gasteiger partial charge is 0.329 e. The highest BCUT2D eigenvalue weighted by Gasteiger charge is 2.41. The molecule has 9 heteroatoms. The fourth-order valence-corrected chi connectivity index (χ4v) is 3.86. The summed E-state index contributed by atoms with van der Waals surface area (Å²) in [6.07, 6.45) is 1.58. The van der Waals surface area contributed by atoms with Gasteiger partial charge in [-0.05, 0) is 49.4 Å². The Kier molecular flexibility index (Phi) is 4.97. The minimum absolute atomic E-state index is 0.147. The van der Waals surface area contributed by atoms with Gasteiger partial charge in [0.15, 0.2) is 0 Å². The number of ether oxygens (including phenoxy) is 1. The molecule has 3 rings (SSSR count). The van der Waals surface area contributed by atoms with Crippen LogP contribution in [0.15, 0.2) is 27.9 Å². The van der Waals surface area contributed by atoms with Crippen LogP contribution in [0.2, 0.25) is 0 Å². The molecule has 142 valence electrons. The molecule has 1 aliphatic rings. The van der Waals surface area contributed by atoms with Crippen LogP contribution in [0.1, 0.15) is 19.4 Å². The zero-order valence-electron chi connectivity index (χ0n) is 15.4. The average Bonchev–Trinajstić information content (AvgIpc) is 3.03. The number of esters is 1. The van der Waals surface area contributed by atoms with Gasteiger partial charge in [-0.1, -0.05) is 6.07 Å². The Hall–Kier alpha value is -2.81. The molecule has 0 aliphatic carbocycles. The summed E-state index contributed by atoms with van der Waals surface area (Å²) in [6, 6.07) is 4.35. The number of amides is 2. The van der Waals surface area contributed by atoms with Crippen LogP contribution in [0.5, 0.6) is 0 Å². The predicted octanol–water partition coefficient (Wildman–Crippen LogP) is 1.86. The zero-order chi connectivity index (χ0) is 19.9. The molecule has 0 N–H and O–H groups in total. The number of carbonyl (C=O) groups is 3. The molecule has 1 aromatic heterocycles. The van der Waals surface area contributed by atoms with E-state index in [9.17, 15) is 19.2 Å². The summed E-state index contributed by atoms with van der Waals surface area (Å²) in [6.45, 7) is 3.29. The minimum Gasteiger partial charge on any atom is -0.464 e. The summed E-state index contributed by atoms with van der Waals surface area (Å²) in [4.78, 5) is 49.9. The van der Waals surface area contributed by atoms with E-state index in [1.165, 1.54) is 16.1 Å². The van der Waals surface area contributed by atoms with E-state index in [-0.39, 0.29) is 17.2 Å². The second-order valence-electron chi connectivity index (χ2n) is 6.13. The molecule has 0 spiro atoms. The second-order valence-corrected chi connectivity index (χ2v) is 7.12. The Labute approximate surface area is 159 Å². The fourth-order valence-electron chi connectivity index (χ4n) is 2.95. The quantitative estimate of drug-likeness (QED) is 0.586. The molecule has 0 radical (unpaired) electrons. The first kappa shape index (κ1) is 19.0. The van der Waals surface area contributed by atoms with Crippen LogP contribution in [-0.4, -0.2) is 43.8 Å². The highest BCUT2D eigenvalue weighted by atomic mass is 32.2. The summed E-state index contributed by atoms with van der Waals surface area (Å²) in [5.74, 6) is -1.16. The van der Waals surface area contributed by atoms with E-state index in [0.717, 1.165) is 27.7 Å². The molecule has 8 nitrogen and oxygen atoms in total. The maximum absolute atomic E-state index is 12.6. The first-order valence-electron chi connectivity index (χ1n) is 8.35. The van der Waals surface area contributed by atoms with Gasteiger partial charge in [-0.2, -0.15) is 0 Å². The Balaban J connectivity index is 1.94. The summed E-state index contributed by atoms with van der Waals surface area (Å²) >= 11 is 0.775. The maximum atomic E-state index is 12.6. The number of thioether (sulfide) groups is 1. The monoisotopic (exact) mass is 389 g/mol. The SMILES string of the molecule is CCOC(=O)C(C)N1C(=O)S/C(=C/c2ccc3c(c2)n(C)c(=O)n3C)C1=O. The highest BCUT2D eigenvalue weighted by molar-refractivity contribution is 8.18. The number of nitrogens with zero attached hydrogens (tertiary/aromatic N) is 3. The summed E-state index contributed by atoms with van der Waals surface area (Å²) in [5, 5.41) is -0.514. The van der Waals surface area contributed by atoms with Gasteiger partial charge in [-0.15, -0.1) is 0 Å². The van der Waals surface area contributed by atoms with Crippen molar-refractivity contribution in [3.05, 3.63) is 39.2 Å². The largest absolute Gasteiger partial charge is 0.464 e. The van der Waals surface area contributed by atoms with Gasteiger partial charge in [0.2, 0.25) is 0 Å². The number of imide groups is 1. The van der Waals surface area contributed by atoms with Gasteiger partial charge in [0.25, 0.3) is 11.1 Å². The summed E-state index contributed by atoms with van der Waals surface area (Å²) in [7, 11) is 3.36. The third kappa shape index (κ3) is 3.18. The molecule has 1 saturated heterocycles. The van der Waals surface area contributed by atoms with Crippen molar-refractivity contribution in [2.24, 2.45) is 14.1 Å². The van der Waals surface area contributed by atoms with Crippen molar-refractivity contribution in [2.75, 3.05) is 6.61 Å². The second kappa shape index (κ2) is 7.07. The van der Waals surface area contributed by atoms with Gasteiger partial charge in [-0.25, -0.2) is 9.59 Å². The van der Waals surface area contributed by atoms with E-state index in [0.29, 0.717) is 5.56 Å². The Morgan fingerprint density at radius 3 is 2.52 bits per heavy atom. The van der Waals surface area contributed by atoms with Crippen LogP contribution < -0.4 is 5.69 Å². The van der Waals surface area contributed by atoms with Gasteiger partial charge < -0.3 is 4.74 Å². The van der Waals surface area contributed by atoms with Gasteiger partial charge >= 0.3 is 11.7 Å². The number of benzene rings is 1. The van der Waals surface area contributed by atoms with Crippen molar-refractivity contribution in [3.63, 3.8) is 0 Å². The highest BCUT2D eigenvalue weighted by Crippen LogP contribution is 2.34. The number of hydrogen-bond acceptors (Lipinski definition) is 6. The Bertz CT molecular complexity index is 1050. The lowest BCUT2D eigenvalue weighted by Gasteiger charge is -2.19. The van der Waals surface area contributed by atoms with Crippen molar-refractivity contribution in [2.45, 2.75) is 19.9 Å². The normalized spacial score (nSPS) is 17.2. The number of imidazole rings is 1. The molecule has 1 fully saturated rings. The van der Waals surface area contributed by atoms with Crippen molar-refractivity contribution in [1.29, 1.82) is 0 Å². The van der Waals surface area contributed by atoms with Crippen LogP contribution in [0.4, 0.5) is 4.79 Å². The summed E-state index contributed by atoms with van der Waals surface area (Å²) in [5.41, 5.74) is 2.02. The van der Waals surface area contributed by atoms with Crippen molar-refractivity contribution in [1.82, 2.24) is 14.0 Å². The van der Waals surface area contributed by atoms with E-state index in [4.69, 9.17) is 4.74 Å². The molecule has 0 bridgehead atoms. The molecule has 0 saturated carbocycles. The molecule has 2 aromatic rings. The molecule has 1 unspecified atom stereocenters. The Morgan fingerprint density at radius 2 is 1.85 bits per heavy atom. The van der Waals surface area contributed by atoms with E-state index in [2.05, 4.69) is 0 Å². The minimum atomic E-state index is -0.985. The molecule has 1 aromatic carbocycles. The predicted molar refractivity (Wildman–Crippen MR) is 102 cm³/mol. The van der Waals surface area contributed by atoms with Gasteiger partial charge in [0.05, 0.1) is 22.5 Å². The first-order chi connectivity index (χ1) is 12.8. The standard InChI is InChI=1S/C18H19N3O5S/c1-5-26-16(23)10(2)21-15(22)14(27-18(21)25)9-11-6-7-12-13(8-11)20(4)17(24)19(12)3/h6-10H,5H2,1-4H3/b14-9+. The number of carbonyl (C=O) groups excluding carboxylic acids is 3. The summed E-state index contributed by atoms with van der Waals surface area (Å²) < 4.78 is 7.94. The lowest BCUT2D eigenvalue weighted by atomic mass is 10.1. The molecule has 27 heavy (non-hydrogen) atoms. The molecule has 1 aliphatic heterocycles. The van der Waals surface area contributed by atoms with Gasteiger partial charge in [0.1, 0.15) is 6.04 Å². The van der Waals surface area contributed by atoms with Crippen molar-refractivity contribution < 1.29 is 19.1 Å².